The zero-order valence-corrected chi connectivity index (χ0v) is 14.9. The number of carbonyl (C=O) groups excluding carboxylic acids is 1. The molecule has 0 heterocycles. The molecule has 1 aromatic rings. The smallest absolute Gasteiger partial charge is 0.304 e. The second-order valence-electron chi connectivity index (χ2n) is 5.74. The molecule has 0 amide bonds. The monoisotopic (exact) mass is 358 g/mol. The molecular formula is C17H26O6S. The fraction of sp³-hybridized carbons (Fsp3) is 0.588. The Labute approximate surface area is 143 Å². The summed E-state index contributed by atoms with van der Waals surface area (Å²) in [7, 11) is -4.13. The first-order valence-electron chi connectivity index (χ1n) is 8.13. The van der Waals surface area contributed by atoms with Gasteiger partial charge in [0.2, 0.25) is 15.3 Å². The number of hydrogen-bond acceptors (Lipinski definition) is 6. The van der Waals surface area contributed by atoms with Gasteiger partial charge in [-0.15, -0.1) is 0 Å². The lowest BCUT2D eigenvalue weighted by Gasteiger charge is -2.26. The minimum Gasteiger partial charge on any atom is -0.443 e. The summed E-state index contributed by atoms with van der Waals surface area (Å²) < 4.78 is 30.1. The average molecular weight is 358 g/mol. The Balaban J connectivity index is 2.93. The van der Waals surface area contributed by atoms with Gasteiger partial charge in [-0.3, -0.25) is 4.79 Å². The van der Waals surface area contributed by atoms with E-state index in [9.17, 15) is 23.4 Å². The van der Waals surface area contributed by atoms with E-state index in [-0.39, 0.29) is 11.3 Å². The van der Waals surface area contributed by atoms with Crippen LogP contribution in [0.4, 0.5) is 0 Å². The Morgan fingerprint density at radius 3 is 2.29 bits per heavy atom. The van der Waals surface area contributed by atoms with Crippen molar-refractivity contribution in [1.29, 1.82) is 0 Å². The predicted octanol–water partition coefficient (Wildman–Crippen LogP) is 2.04. The first kappa shape index (κ1) is 20.6. The van der Waals surface area contributed by atoms with Gasteiger partial charge in [-0.25, -0.2) is 8.42 Å². The van der Waals surface area contributed by atoms with E-state index in [4.69, 9.17) is 4.74 Å². The van der Waals surface area contributed by atoms with Gasteiger partial charge in [-0.1, -0.05) is 50.8 Å². The van der Waals surface area contributed by atoms with Crippen LogP contribution in [0.1, 0.15) is 46.0 Å². The predicted molar refractivity (Wildman–Crippen MR) is 90.0 cm³/mol. The van der Waals surface area contributed by atoms with Gasteiger partial charge in [0.1, 0.15) is 6.10 Å². The number of aliphatic hydroxyl groups is 2. The average Bonchev–Trinajstić information content (AvgIpc) is 2.56. The van der Waals surface area contributed by atoms with Crippen molar-refractivity contribution >= 4 is 15.8 Å². The number of unbranched alkanes of at least 4 members (excludes halogenated alkanes) is 3. The molecule has 0 saturated heterocycles. The number of rotatable bonds is 10. The molecule has 1 rings (SSSR count). The van der Waals surface area contributed by atoms with E-state index < -0.39 is 33.5 Å². The molecule has 0 fully saturated rings. The van der Waals surface area contributed by atoms with Crippen LogP contribution >= 0.6 is 0 Å². The Morgan fingerprint density at radius 1 is 1.12 bits per heavy atom. The number of hydrogen-bond donors (Lipinski definition) is 2. The van der Waals surface area contributed by atoms with Gasteiger partial charge in [0.25, 0.3) is 0 Å². The highest BCUT2D eigenvalue weighted by molar-refractivity contribution is 7.92. The molecule has 0 aromatic heterocycles. The van der Waals surface area contributed by atoms with Crippen LogP contribution in [0.2, 0.25) is 0 Å². The van der Waals surface area contributed by atoms with Crippen LogP contribution in [-0.2, 0) is 19.4 Å². The van der Waals surface area contributed by atoms with Crippen LogP contribution in [-0.4, -0.2) is 42.2 Å². The van der Waals surface area contributed by atoms with Crippen molar-refractivity contribution in [2.24, 2.45) is 0 Å². The lowest BCUT2D eigenvalue weighted by atomic mass is 10.1. The van der Waals surface area contributed by atoms with Gasteiger partial charge >= 0.3 is 5.97 Å². The molecule has 136 valence electrons. The first-order chi connectivity index (χ1) is 11.3. The highest BCUT2D eigenvalue weighted by atomic mass is 32.2. The molecule has 0 aliphatic carbocycles. The topological polar surface area (TPSA) is 101 Å². The summed E-state index contributed by atoms with van der Waals surface area (Å²) in [6.07, 6.45) is 0.804. The van der Waals surface area contributed by atoms with Gasteiger partial charge < -0.3 is 14.9 Å². The molecule has 2 N–H and O–H groups in total. The largest absolute Gasteiger partial charge is 0.443 e. The van der Waals surface area contributed by atoms with Gasteiger partial charge in [0, 0.05) is 6.92 Å². The summed E-state index contributed by atoms with van der Waals surface area (Å²) in [4.78, 5) is 11.2. The highest BCUT2D eigenvalue weighted by Crippen LogP contribution is 2.23. The fourth-order valence-electron chi connectivity index (χ4n) is 2.36. The van der Waals surface area contributed by atoms with Crippen molar-refractivity contribution in [3.63, 3.8) is 0 Å². The fourth-order valence-corrected chi connectivity index (χ4v) is 3.97. The summed E-state index contributed by atoms with van der Waals surface area (Å²) in [5, 5.41) is 20.4. The molecule has 7 heteroatoms. The molecule has 0 aliphatic rings. The van der Waals surface area contributed by atoms with Crippen LogP contribution < -0.4 is 0 Å². The van der Waals surface area contributed by atoms with Crippen LogP contribution in [0.15, 0.2) is 35.2 Å². The molecular weight excluding hydrogens is 332 g/mol. The van der Waals surface area contributed by atoms with Gasteiger partial charge in [0.05, 0.1) is 11.0 Å². The standard InChI is InChI=1S/C17H26O6S/c1-3-4-5-9-12-15(19)16(20)17(23-13(2)18)24(21,22)14-10-7-6-8-11-14/h6-8,10-11,15-17,19-20H,3-5,9,12H2,1-2H3/t15-,16+,17-/m0/s1. The summed E-state index contributed by atoms with van der Waals surface area (Å²) in [5.41, 5.74) is -1.83. The maximum Gasteiger partial charge on any atom is 0.304 e. The molecule has 0 spiro atoms. The third-order valence-electron chi connectivity index (χ3n) is 3.69. The van der Waals surface area contributed by atoms with Crippen molar-refractivity contribution in [2.75, 3.05) is 0 Å². The minimum atomic E-state index is -4.13. The Morgan fingerprint density at radius 2 is 1.75 bits per heavy atom. The molecule has 3 atom stereocenters. The number of benzene rings is 1. The number of esters is 1. The minimum absolute atomic E-state index is 0.0755. The number of carbonyl (C=O) groups is 1. The normalized spacial score (nSPS) is 15.5. The van der Waals surface area contributed by atoms with Crippen LogP contribution in [0.5, 0.6) is 0 Å². The van der Waals surface area contributed by atoms with Gasteiger partial charge in [-0.05, 0) is 18.6 Å². The first-order valence-corrected chi connectivity index (χ1v) is 9.67. The molecule has 0 saturated carbocycles. The Kier molecular flexibility index (Phi) is 8.38. The quantitative estimate of drug-likeness (QED) is 0.490. The van der Waals surface area contributed by atoms with Crippen molar-refractivity contribution < 1.29 is 28.2 Å². The molecule has 0 unspecified atom stereocenters. The summed E-state index contributed by atoms with van der Waals surface area (Å²) in [5.74, 6) is -0.836. The zero-order chi connectivity index (χ0) is 18.2. The Hall–Kier alpha value is -1.44. The molecule has 0 aliphatic heterocycles. The molecule has 0 bridgehead atoms. The third kappa shape index (κ3) is 5.89. The molecule has 0 radical (unpaired) electrons. The summed E-state index contributed by atoms with van der Waals surface area (Å²) >= 11 is 0. The van der Waals surface area contributed by atoms with Crippen molar-refractivity contribution in [3.05, 3.63) is 30.3 Å². The van der Waals surface area contributed by atoms with Crippen LogP contribution in [0, 0.1) is 0 Å². The van der Waals surface area contributed by atoms with E-state index in [0.717, 1.165) is 26.2 Å². The lowest BCUT2D eigenvalue weighted by Crippen LogP contribution is -2.44. The van der Waals surface area contributed by atoms with Crippen LogP contribution in [0.25, 0.3) is 0 Å². The lowest BCUT2D eigenvalue weighted by molar-refractivity contribution is -0.150. The molecule has 6 nitrogen and oxygen atoms in total. The van der Waals surface area contributed by atoms with E-state index in [0.29, 0.717) is 6.42 Å². The maximum atomic E-state index is 12.6. The Bertz CT molecular complexity index is 599. The van der Waals surface area contributed by atoms with E-state index >= 15 is 0 Å². The van der Waals surface area contributed by atoms with Crippen molar-refractivity contribution in [1.82, 2.24) is 0 Å². The highest BCUT2D eigenvalue weighted by Gasteiger charge is 2.40. The SMILES string of the molecule is CCCCCC[C@H](O)[C@@H](O)[C@@H](OC(C)=O)S(=O)(=O)c1ccccc1. The van der Waals surface area contributed by atoms with Gasteiger partial charge in [-0.2, -0.15) is 0 Å². The molecule has 1 aromatic carbocycles. The second kappa shape index (κ2) is 9.76. The van der Waals surface area contributed by atoms with Gasteiger partial charge in [0.15, 0.2) is 0 Å². The molecule has 24 heavy (non-hydrogen) atoms. The van der Waals surface area contributed by atoms with E-state index in [1.807, 2.05) is 0 Å². The third-order valence-corrected chi connectivity index (χ3v) is 5.60. The number of ether oxygens (including phenoxy) is 1. The maximum absolute atomic E-state index is 12.6. The van der Waals surface area contributed by atoms with Crippen LogP contribution in [0.3, 0.4) is 0 Å². The zero-order valence-electron chi connectivity index (χ0n) is 14.1. The van der Waals surface area contributed by atoms with E-state index in [2.05, 4.69) is 6.92 Å². The number of sulfone groups is 1. The second-order valence-corrected chi connectivity index (χ2v) is 7.77. The van der Waals surface area contributed by atoms with Crippen molar-refractivity contribution in [2.45, 2.75) is 68.5 Å². The number of aliphatic hydroxyl groups excluding tert-OH is 2. The van der Waals surface area contributed by atoms with E-state index in [1.54, 1.807) is 6.07 Å². The van der Waals surface area contributed by atoms with E-state index in [1.165, 1.54) is 24.3 Å². The summed E-state index contributed by atoms with van der Waals surface area (Å²) in [6.45, 7) is 3.11. The summed E-state index contributed by atoms with van der Waals surface area (Å²) in [6, 6.07) is 7.42. The van der Waals surface area contributed by atoms with Crippen molar-refractivity contribution in [3.8, 4) is 0 Å².